The molecule has 0 aliphatic carbocycles. The topological polar surface area (TPSA) is 54.0 Å². The predicted molar refractivity (Wildman–Crippen MR) is 66.4 cm³/mol. The number of amides is 1. The Bertz CT molecular complexity index is 380. The van der Waals surface area contributed by atoms with E-state index in [4.69, 9.17) is 0 Å². The van der Waals surface area contributed by atoms with Gasteiger partial charge in [-0.3, -0.25) is 9.78 Å². The van der Waals surface area contributed by atoms with Gasteiger partial charge in [-0.25, -0.2) is 0 Å². The Morgan fingerprint density at radius 1 is 1.65 bits per heavy atom. The van der Waals surface area contributed by atoms with E-state index in [1.54, 1.807) is 12.4 Å². The van der Waals surface area contributed by atoms with Crippen molar-refractivity contribution in [2.75, 3.05) is 6.54 Å². The van der Waals surface area contributed by atoms with Gasteiger partial charge in [-0.15, -0.1) is 0 Å². The number of nitrogens with one attached hydrogen (secondary N) is 2. The van der Waals surface area contributed by atoms with Crippen LogP contribution in [0.5, 0.6) is 0 Å². The van der Waals surface area contributed by atoms with E-state index in [1.165, 1.54) is 0 Å². The second kappa shape index (κ2) is 5.27. The molecule has 1 aromatic rings. The van der Waals surface area contributed by atoms with Gasteiger partial charge in [-0.05, 0) is 38.4 Å². The Kier molecular flexibility index (Phi) is 3.74. The summed E-state index contributed by atoms with van der Waals surface area (Å²) < 4.78 is 0. The summed E-state index contributed by atoms with van der Waals surface area (Å²) in [4.78, 5) is 16.1. The van der Waals surface area contributed by atoms with Crippen molar-refractivity contribution in [3.8, 4) is 0 Å². The van der Waals surface area contributed by atoms with Gasteiger partial charge in [0.15, 0.2) is 0 Å². The molecule has 2 rings (SSSR count). The normalized spacial score (nSPS) is 25.5. The van der Waals surface area contributed by atoms with Crippen LogP contribution < -0.4 is 10.6 Å². The zero-order valence-corrected chi connectivity index (χ0v) is 10.3. The van der Waals surface area contributed by atoms with Crippen molar-refractivity contribution in [3.05, 3.63) is 30.1 Å². The van der Waals surface area contributed by atoms with E-state index >= 15 is 0 Å². The Morgan fingerprint density at radius 3 is 3.06 bits per heavy atom. The molecule has 3 unspecified atom stereocenters. The van der Waals surface area contributed by atoms with Crippen LogP contribution >= 0.6 is 0 Å². The van der Waals surface area contributed by atoms with Crippen LogP contribution in [-0.4, -0.2) is 23.5 Å². The predicted octanol–water partition coefficient (Wildman–Crippen LogP) is 1.26. The maximum atomic E-state index is 12.1. The minimum Gasteiger partial charge on any atom is -0.349 e. The molecule has 17 heavy (non-hydrogen) atoms. The Balaban J connectivity index is 1.95. The fourth-order valence-corrected chi connectivity index (χ4v) is 2.25. The first kappa shape index (κ1) is 12.0. The number of nitrogens with zero attached hydrogens (tertiary/aromatic N) is 1. The van der Waals surface area contributed by atoms with Crippen LogP contribution in [0.4, 0.5) is 0 Å². The summed E-state index contributed by atoms with van der Waals surface area (Å²) in [5.41, 5.74) is 1.04. The van der Waals surface area contributed by atoms with Gasteiger partial charge >= 0.3 is 0 Å². The van der Waals surface area contributed by atoms with E-state index in [0.29, 0.717) is 0 Å². The standard InChI is InChI=1S/C13H19N3O/c1-9(11-4-3-6-14-8-11)16-13(17)12-5-7-15-10(12)2/h3-4,6,8-10,12,15H,5,7H2,1-2H3,(H,16,17). The number of carbonyl (C=O) groups excluding carboxylic acids is 1. The molecule has 2 heterocycles. The lowest BCUT2D eigenvalue weighted by Gasteiger charge is -2.19. The Hall–Kier alpha value is -1.42. The summed E-state index contributed by atoms with van der Waals surface area (Å²) >= 11 is 0. The molecule has 0 bridgehead atoms. The smallest absolute Gasteiger partial charge is 0.225 e. The quantitative estimate of drug-likeness (QED) is 0.826. The van der Waals surface area contributed by atoms with Crippen LogP contribution in [0.3, 0.4) is 0 Å². The van der Waals surface area contributed by atoms with Crippen LogP contribution in [-0.2, 0) is 4.79 Å². The third-order valence-electron chi connectivity index (χ3n) is 3.41. The van der Waals surface area contributed by atoms with E-state index in [-0.39, 0.29) is 23.9 Å². The molecule has 1 fully saturated rings. The Labute approximate surface area is 102 Å². The number of aromatic nitrogens is 1. The summed E-state index contributed by atoms with van der Waals surface area (Å²) in [6.07, 6.45) is 4.45. The highest BCUT2D eigenvalue weighted by Gasteiger charge is 2.29. The first-order chi connectivity index (χ1) is 8.18. The van der Waals surface area contributed by atoms with Crippen molar-refractivity contribution >= 4 is 5.91 Å². The number of rotatable bonds is 3. The lowest BCUT2D eigenvalue weighted by atomic mass is 10.0. The van der Waals surface area contributed by atoms with Gasteiger partial charge in [-0.2, -0.15) is 0 Å². The second-order valence-electron chi connectivity index (χ2n) is 4.65. The highest BCUT2D eigenvalue weighted by molar-refractivity contribution is 5.80. The molecule has 1 aliphatic rings. The van der Waals surface area contributed by atoms with Gasteiger partial charge in [-0.1, -0.05) is 6.07 Å². The number of hydrogen-bond acceptors (Lipinski definition) is 3. The molecule has 92 valence electrons. The van der Waals surface area contributed by atoms with E-state index in [2.05, 4.69) is 22.5 Å². The molecule has 4 nitrogen and oxygen atoms in total. The van der Waals surface area contributed by atoms with Gasteiger partial charge < -0.3 is 10.6 Å². The lowest BCUT2D eigenvalue weighted by Crippen LogP contribution is -2.37. The lowest BCUT2D eigenvalue weighted by molar-refractivity contribution is -0.125. The molecule has 0 aromatic carbocycles. The average molecular weight is 233 g/mol. The average Bonchev–Trinajstić information content (AvgIpc) is 2.76. The van der Waals surface area contributed by atoms with E-state index < -0.39 is 0 Å². The van der Waals surface area contributed by atoms with Gasteiger partial charge in [0.1, 0.15) is 0 Å². The van der Waals surface area contributed by atoms with Crippen LogP contribution in [0.1, 0.15) is 31.9 Å². The van der Waals surface area contributed by atoms with Crippen molar-refractivity contribution < 1.29 is 4.79 Å². The fraction of sp³-hybridized carbons (Fsp3) is 0.538. The van der Waals surface area contributed by atoms with Gasteiger partial charge in [0, 0.05) is 18.4 Å². The van der Waals surface area contributed by atoms with Gasteiger partial charge in [0.25, 0.3) is 0 Å². The first-order valence-corrected chi connectivity index (χ1v) is 6.12. The molecule has 0 radical (unpaired) electrons. The van der Waals surface area contributed by atoms with Crippen LogP contribution in [0.15, 0.2) is 24.5 Å². The molecule has 3 atom stereocenters. The molecular formula is C13H19N3O. The summed E-state index contributed by atoms with van der Waals surface area (Å²) in [6.45, 7) is 4.98. The molecule has 0 saturated carbocycles. The first-order valence-electron chi connectivity index (χ1n) is 6.12. The molecule has 1 saturated heterocycles. The van der Waals surface area contributed by atoms with E-state index in [1.807, 2.05) is 19.1 Å². The molecule has 0 spiro atoms. The monoisotopic (exact) mass is 233 g/mol. The minimum atomic E-state index is 0.0176. The van der Waals surface area contributed by atoms with Gasteiger partial charge in [0.05, 0.1) is 12.0 Å². The highest BCUT2D eigenvalue weighted by Crippen LogP contribution is 2.17. The second-order valence-corrected chi connectivity index (χ2v) is 4.65. The zero-order chi connectivity index (χ0) is 12.3. The number of pyridine rings is 1. The largest absolute Gasteiger partial charge is 0.349 e. The number of hydrogen-bond donors (Lipinski definition) is 2. The zero-order valence-electron chi connectivity index (χ0n) is 10.3. The minimum absolute atomic E-state index is 0.0176. The molecular weight excluding hydrogens is 214 g/mol. The maximum Gasteiger partial charge on any atom is 0.225 e. The SMILES string of the molecule is CC(NC(=O)C1CCNC1C)c1cccnc1. The van der Waals surface area contributed by atoms with Crippen molar-refractivity contribution in [2.24, 2.45) is 5.92 Å². The molecule has 2 N–H and O–H groups in total. The van der Waals surface area contributed by atoms with Crippen molar-refractivity contribution in [1.29, 1.82) is 0 Å². The van der Waals surface area contributed by atoms with E-state index in [9.17, 15) is 4.79 Å². The third-order valence-corrected chi connectivity index (χ3v) is 3.41. The molecule has 1 aromatic heterocycles. The molecule has 1 aliphatic heterocycles. The van der Waals surface area contributed by atoms with Crippen molar-refractivity contribution in [2.45, 2.75) is 32.4 Å². The summed E-state index contributed by atoms with van der Waals surface area (Å²) in [6, 6.07) is 4.16. The van der Waals surface area contributed by atoms with E-state index in [0.717, 1.165) is 18.5 Å². The molecule has 4 heteroatoms. The van der Waals surface area contributed by atoms with Gasteiger partial charge in [0.2, 0.25) is 5.91 Å². The molecule has 1 amide bonds. The number of carbonyl (C=O) groups is 1. The fourth-order valence-electron chi connectivity index (χ4n) is 2.25. The highest BCUT2D eigenvalue weighted by atomic mass is 16.2. The Morgan fingerprint density at radius 2 is 2.47 bits per heavy atom. The summed E-state index contributed by atoms with van der Waals surface area (Å²) in [5.74, 6) is 0.230. The summed E-state index contributed by atoms with van der Waals surface area (Å²) in [5, 5.41) is 6.34. The third kappa shape index (κ3) is 2.82. The van der Waals surface area contributed by atoms with Crippen LogP contribution in [0.25, 0.3) is 0 Å². The maximum absolute atomic E-state index is 12.1. The van der Waals surface area contributed by atoms with Crippen LogP contribution in [0, 0.1) is 5.92 Å². The summed E-state index contributed by atoms with van der Waals surface area (Å²) in [7, 11) is 0. The van der Waals surface area contributed by atoms with Crippen LogP contribution in [0.2, 0.25) is 0 Å². The van der Waals surface area contributed by atoms with Crippen molar-refractivity contribution in [1.82, 2.24) is 15.6 Å². The van der Waals surface area contributed by atoms with Crippen molar-refractivity contribution in [3.63, 3.8) is 0 Å².